The Balaban J connectivity index is 0. The molecule has 0 rings (SSSR count). The minimum atomic E-state index is -3.13. The lowest BCUT2D eigenvalue weighted by Gasteiger charge is -2.18. The van der Waals surface area contributed by atoms with Gasteiger partial charge < -0.3 is 10.6 Å². The lowest BCUT2D eigenvalue weighted by atomic mass is 10.0. The van der Waals surface area contributed by atoms with Crippen LogP contribution in [-0.4, -0.2) is 45.8 Å². The molecule has 0 saturated carbocycles. The summed E-state index contributed by atoms with van der Waals surface area (Å²) in [5, 5.41) is 6.55. The van der Waals surface area contributed by atoms with Crippen molar-refractivity contribution < 1.29 is 8.42 Å². The second-order valence-electron chi connectivity index (χ2n) is 5.93. The summed E-state index contributed by atoms with van der Waals surface area (Å²) < 4.78 is 25.2. The Bertz CT molecular complexity index is 414. The maximum Gasteiger partial charge on any atom is 0.211 e. The van der Waals surface area contributed by atoms with E-state index in [0.29, 0.717) is 19.1 Å². The van der Waals surface area contributed by atoms with Crippen molar-refractivity contribution in [1.82, 2.24) is 15.4 Å². The topological polar surface area (TPSA) is 82.6 Å². The summed E-state index contributed by atoms with van der Waals surface area (Å²) >= 11 is 0. The number of halogens is 1. The third kappa shape index (κ3) is 15.2. The number of hydrogen-bond acceptors (Lipinski definition) is 3. The number of nitrogens with one attached hydrogen (secondary N) is 3. The van der Waals surface area contributed by atoms with Crippen molar-refractivity contribution >= 4 is 40.0 Å². The fourth-order valence-corrected chi connectivity index (χ4v) is 2.54. The van der Waals surface area contributed by atoms with Crippen molar-refractivity contribution in [2.75, 3.05) is 25.4 Å². The van der Waals surface area contributed by atoms with Gasteiger partial charge in [-0.3, -0.25) is 4.99 Å². The van der Waals surface area contributed by atoms with Gasteiger partial charge in [0.1, 0.15) is 0 Å². The van der Waals surface area contributed by atoms with Crippen LogP contribution in [0.1, 0.15) is 53.9 Å². The fourth-order valence-electron chi connectivity index (χ4n) is 1.93. The molecular formula is C15H35IN4O2S. The molecule has 0 heterocycles. The normalized spacial score (nSPS) is 13.6. The first kappa shape index (κ1) is 25.2. The molecular weight excluding hydrogens is 427 g/mol. The van der Waals surface area contributed by atoms with Crippen molar-refractivity contribution in [1.29, 1.82) is 0 Å². The van der Waals surface area contributed by atoms with Gasteiger partial charge in [0.05, 0.1) is 12.3 Å². The standard InChI is InChI=1S/C15H34N4O2S.HI/c1-6-16-15(17-11-12-18-22(20,21)7-2)19-14(5)10-8-9-13(3)4;/h13-14,18H,6-12H2,1-5H3,(H2,16,17,19);1H. The molecule has 0 aromatic rings. The van der Waals surface area contributed by atoms with Crippen LogP contribution in [0.4, 0.5) is 0 Å². The van der Waals surface area contributed by atoms with Crippen LogP contribution in [0.5, 0.6) is 0 Å². The van der Waals surface area contributed by atoms with Gasteiger partial charge in [-0.1, -0.05) is 26.7 Å². The van der Waals surface area contributed by atoms with Gasteiger partial charge in [-0.2, -0.15) is 0 Å². The van der Waals surface area contributed by atoms with Gasteiger partial charge in [-0.15, -0.1) is 24.0 Å². The Labute approximate surface area is 159 Å². The molecule has 0 aliphatic carbocycles. The third-order valence-corrected chi connectivity index (χ3v) is 4.63. The van der Waals surface area contributed by atoms with Crippen molar-refractivity contribution in [3.05, 3.63) is 0 Å². The van der Waals surface area contributed by atoms with Gasteiger partial charge in [-0.25, -0.2) is 13.1 Å². The van der Waals surface area contributed by atoms with E-state index in [1.807, 2.05) is 6.92 Å². The van der Waals surface area contributed by atoms with E-state index in [-0.39, 0.29) is 29.7 Å². The van der Waals surface area contributed by atoms with Crippen molar-refractivity contribution in [2.45, 2.75) is 59.9 Å². The van der Waals surface area contributed by atoms with Crippen molar-refractivity contribution in [2.24, 2.45) is 10.9 Å². The number of aliphatic imine (C=N–C) groups is 1. The zero-order chi connectivity index (χ0) is 17.0. The Morgan fingerprint density at radius 2 is 1.78 bits per heavy atom. The quantitative estimate of drug-likeness (QED) is 0.191. The highest BCUT2D eigenvalue weighted by Crippen LogP contribution is 2.08. The van der Waals surface area contributed by atoms with Crippen molar-refractivity contribution in [3.8, 4) is 0 Å². The Morgan fingerprint density at radius 1 is 1.13 bits per heavy atom. The third-order valence-electron chi connectivity index (χ3n) is 3.23. The minimum Gasteiger partial charge on any atom is -0.357 e. The molecule has 0 fully saturated rings. The second kappa shape index (κ2) is 14.3. The van der Waals surface area contributed by atoms with Gasteiger partial charge in [0.2, 0.25) is 10.0 Å². The lowest BCUT2D eigenvalue weighted by molar-refractivity contribution is 0.491. The van der Waals surface area contributed by atoms with Crippen LogP contribution in [0.2, 0.25) is 0 Å². The smallest absolute Gasteiger partial charge is 0.211 e. The summed E-state index contributed by atoms with van der Waals surface area (Å²) in [4.78, 5) is 4.40. The van der Waals surface area contributed by atoms with Crippen LogP contribution in [-0.2, 0) is 10.0 Å². The molecule has 0 aromatic carbocycles. The molecule has 0 aromatic heterocycles. The number of guanidine groups is 1. The predicted octanol–water partition coefficient (Wildman–Crippen LogP) is 2.31. The molecule has 0 bridgehead atoms. The number of hydrogen-bond donors (Lipinski definition) is 3. The summed E-state index contributed by atoms with van der Waals surface area (Å²) in [5.74, 6) is 1.58. The van der Waals surface area contributed by atoms with E-state index in [1.54, 1.807) is 6.92 Å². The molecule has 8 heteroatoms. The molecule has 3 N–H and O–H groups in total. The molecule has 0 aliphatic rings. The maximum absolute atomic E-state index is 11.3. The number of rotatable bonds is 11. The Hall–Kier alpha value is -0.0900. The Morgan fingerprint density at radius 3 is 2.30 bits per heavy atom. The first-order valence-corrected chi connectivity index (χ1v) is 9.98. The van der Waals surface area contributed by atoms with Crippen molar-refractivity contribution in [3.63, 3.8) is 0 Å². The van der Waals surface area contributed by atoms with E-state index in [0.717, 1.165) is 24.8 Å². The van der Waals surface area contributed by atoms with Gasteiger partial charge in [0.15, 0.2) is 5.96 Å². The molecule has 0 amide bonds. The summed E-state index contributed by atoms with van der Waals surface area (Å²) in [6.45, 7) is 11.8. The minimum absolute atomic E-state index is 0. The maximum atomic E-state index is 11.3. The van der Waals surface area contributed by atoms with E-state index in [4.69, 9.17) is 0 Å². The highest BCUT2D eigenvalue weighted by molar-refractivity contribution is 14.0. The number of sulfonamides is 1. The van der Waals surface area contributed by atoms with E-state index < -0.39 is 10.0 Å². The monoisotopic (exact) mass is 462 g/mol. The highest BCUT2D eigenvalue weighted by Gasteiger charge is 2.07. The lowest BCUT2D eigenvalue weighted by Crippen LogP contribution is -2.42. The zero-order valence-electron chi connectivity index (χ0n) is 15.2. The second-order valence-corrected chi connectivity index (χ2v) is 8.02. The van der Waals surface area contributed by atoms with Crippen LogP contribution in [0.3, 0.4) is 0 Å². The van der Waals surface area contributed by atoms with Gasteiger partial charge in [0.25, 0.3) is 0 Å². The van der Waals surface area contributed by atoms with Crippen LogP contribution in [0.25, 0.3) is 0 Å². The largest absolute Gasteiger partial charge is 0.357 e. The fraction of sp³-hybridized carbons (Fsp3) is 0.933. The first-order chi connectivity index (χ1) is 10.3. The van der Waals surface area contributed by atoms with E-state index in [2.05, 4.69) is 41.1 Å². The summed E-state index contributed by atoms with van der Waals surface area (Å²) in [6, 6.07) is 0.351. The van der Waals surface area contributed by atoms with Crippen LogP contribution >= 0.6 is 24.0 Å². The number of nitrogens with zero attached hydrogens (tertiary/aromatic N) is 1. The zero-order valence-corrected chi connectivity index (χ0v) is 18.3. The molecule has 1 atom stereocenters. The molecule has 0 aliphatic heterocycles. The molecule has 0 radical (unpaired) electrons. The van der Waals surface area contributed by atoms with Crippen LogP contribution in [0.15, 0.2) is 4.99 Å². The molecule has 23 heavy (non-hydrogen) atoms. The molecule has 0 saturated heterocycles. The van der Waals surface area contributed by atoms with Crippen LogP contribution < -0.4 is 15.4 Å². The van der Waals surface area contributed by atoms with E-state index >= 15 is 0 Å². The van der Waals surface area contributed by atoms with E-state index in [1.165, 1.54) is 12.8 Å². The van der Waals surface area contributed by atoms with E-state index in [9.17, 15) is 8.42 Å². The molecule has 1 unspecified atom stereocenters. The Kier molecular flexibility index (Phi) is 15.6. The molecule has 140 valence electrons. The van der Waals surface area contributed by atoms with Gasteiger partial charge in [0, 0.05) is 19.1 Å². The first-order valence-electron chi connectivity index (χ1n) is 8.32. The molecule has 6 nitrogen and oxygen atoms in total. The van der Waals surface area contributed by atoms with Gasteiger partial charge >= 0.3 is 0 Å². The molecule has 0 spiro atoms. The summed E-state index contributed by atoms with van der Waals surface area (Å²) in [5.41, 5.74) is 0. The SMILES string of the molecule is CCNC(=NCCNS(=O)(=O)CC)NC(C)CCCC(C)C.I. The predicted molar refractivity (Wildman–Crippen MR) is 110 cm³/mol. The average molecular weight is 462 g/mol. The average Bonchev–Trinajstić information content (AvgIpc) is 2.43. The van der Waals surface area contributed by atoms with Gasteiger partial charge in [-0.05, 0) is 33.1 Å². The summed E-state index contributed by atoms with van der Waals surface area (Å²) in [6.07, 6.45) is 3.53. The summed E-state index contributed by atoms with van der Waals surface area (Å²) in [7, 11) is -3.13. The highest BCUT2D eigenvalue weighted by atomic mass is 127. The van der Waals surface area contributed by atoms with Crippen LogP contribution in [0, 0.1) is 5.92 Å².